The molecule has 2 heterocycles. The van der Waals surface area contributed by atoms with E-state index in [-0.39, 0.29) is 11.5 Å². The number of benzene rings is 2. The molecule has 35 heavy (non-hydrogen) atoms. The van der Waals surface area contributed by atoms with Crippen molar-refractivity contribution < 1.29 is 24.2 Å². The topological polar surface area (TPSA) is 113 Å². The Hall–Kier alpha value is -4.29. The van der Waals surface area contributed by atoms with E-state index < -0.39 is 23.7 Å². The summed E-state index contributed by atoms with van der Waals surface area (Å²) in [6.45, 7) is 3.47. The first-order valence-electron chi connectivity index (χ1n) is 10.7. The van der Waals surface area contributed by atoms with Gasteiger partial charge >= 0.3 is 5.97 Å². The second-order valence-corrected chi connectivity index (χ2v) is 8.87. The summed E-state index contributed by atoms with van der Waals surface area (Å²) in [5, 5.41) is 17.6. The smallest absolute Gasteiger partial charge is 0.323 e. The Kier molecular flexibility index (Phi) is 6.75. The molecule has 0 radical (unpaired) electrons. The number of aromatic nitrogens is 1. The SMILES string of the molecule is Cc1cc(/C=C2/SC(=O)N(CC(=O)O)C2=O)c(C)n1-c1ccc(OCc2ccccc2C#N)cc1. The van der Waals surface area contributed by atoms with Gasteiger partial charge in [0.2, 0.25) is 0 Å². The minimum absolute atomic E-state index is 0.192. The fourth-order valence-electron chi connectivity index (χ4n) is 3.85. The first-order chi connectivity index (χ1) is 16.8. The van der Waals surface area contributed by atoms with Gasteiger partial charge in [-0.2, -0.15) is 5.26 Å². The third-order valence-corrected chi connectivity index (χ3v) is 6.46. The summed E-state index contributed by atoms with van der Waals surface area (Å²) in [4.78, 5) is 36.4. The number of aliphatic carboxylic acids is 1. The molecule has 2 aromatic carbocycles. The van der Waals surface area contributed by atoms with Crippen molar-refractivity contribution in [3.8, 4) is 17.5 Å². The lowest BCUT2D eigenvalue weighted by Crippen LogP contribution is -2.33. The number of carbonyl (C=O) groups excluding carboxylic acids is 2. The van der Waals surface area contributed by atoms with Crippen LogP contribution in [-0.2, 0) is 16.2 Å². The number of imide groups is 1. The molecule has 3 aromatic rings. The number of hydrogen-bond donors (Lipinski definition) is 1. The Balaban J connectivity index is 1.53. The van der Waals surface area contributed by atoms with Crippen molar-refractivity contribution in [3.05, 3.63) is 87.6 Å². The van der Waals surface area contributed by atoms with Crippen LogP contribution in [0.5, 0.6) is 5.75 Å². The number of rotatable bonds is 7. The lowest BCUT2D eigenvalue weighted by Gasteiger charge is -2.12. The molecule has 0 saturated carbocycles. The predicted molar refractivity (Wildman–Crippen MR) is 131 cm³/mol. The van der Waals surface area contributed by atoms with E-state index in [2.05, 4.69) is 6.07 Å². The van der Waals surface area contributed by atoms with Crippen LogP contribution >= 0.6 is 11.8 Å². The minimum Gasteiger partial charge on any atom is -0.489 e. The summed E-state index contributed by atoms with van der Waals surface area (Å²) in [5.74, 6) is -1.18. The van der Waals surface area contributed by atoms with Crippen LogP contribution in [0.2, 0.25) is 0 Å². The second-order valence-electron chi connectivity index (χ2n) is 7.88. The third-order valence-electron chi connectivity index (χ3n) is 5.55. The monoisotopic (exact) mass is 487 g/mol. The van der Waals surface area contributed by atoms with Gasteiger partial charge in [-0.1, -0.05) is 18.2 Å². The number of amides is 2. The summed E-state index contributed by atoms with van der Waals surface area (Å²) in [6.07, 6.45) is 1.62. The highest BCUT2D eigenvalue weighted by Gasteiger charge is 2.36. The zero-order chi connectivity index (χ0) is 25.1. The van der Waals surface area contributed by atoms with E-state index in [1.807, 2.05) is 66.9 Å². The van der Waals surface area contributed by atoms with Crippen LogP contribution in [0.15, 0.2) is 59.5 Å². The summed E-state index contributed by atoms with van der Waals surface area (Å²) < 4.78 is 7.87. The highest BCUT2D eigenvalue weighted by atomic mass is 32.2. The molecule has 9 heteroatoms. The molecule has 2 amide bonds. The van der Waals surface area contributed by atoms with Crippen molar-refractivity contribution in [1.82, 2.24) is 9.47 Å². The standard InChI is InChI=1S/C26H21N3O5S/c1-16-11-20(12-23-25(32)28(14-24(30)31)26(33)35-23)17(2)29(16)21-7-9-22(10-8-21)34-15-19-6-4-3-5-18(19)13-27/h3-12H,14-15H2,1-2H3,(H,30,31)/b23-12+. The largest absolute Gasteiger partial charge is 0.489 e. The van der Waals surface area contributed by atoms with Crippen molar-refractivity contribution in [2.75, 3.05) is 6.54 Å². The van der Waals surface area contributed by atoms with E-state index in [9.17, 15) is 19.6 Å². The van der Waals surface area contributed by atoms with E-state index in [1.54, 1.807) is 12.1 Å². The normalized spacial score (nSPS) is 14.4. The lowest BCUT2D eigenvalue weighted by molar-refractivity contribution is -0.140. The molecule has 0 atom stereocenters. The molecule has 0 unspecified atom stereocenters. The van der Waals surface area contributed by atoms with Gasteiger partial charge in [0.1, 0.15) is 18.9 Å². The molecule has 1 aliphatic rings. The number of hydrogen-bond acceptors (Lipinski definition) is 6. The van der Waals surface area contributed by atoms with E-state index >= 15 is 0 Å². The van der Waals surface area contributed by atoms with E-state index in [0.717, 1.165) is 44.9 Å². The van der Waals surface area contributed by atoms with Gasteiger partial charge in [-0.15, -0.1) is 0 Å². The number of thioether (sulfide) groups is 1. The van der Waals surface area contributed by atoms with Crippen LogP contribution in [-0.4, -0.2) is 38.2 Å². The molecule has 176 valence electrons. The number of ether oxygens (including phenoxy) is 1. The molecule has 1 fully saturated rings. The van der Waals surface area contributed by atoms with Crippen molar-refractivity contribution in [2.45, 2.75) is 20.5 Å². The maximum atomic E-state index is 12.5. The Morgan fingerprint density at radius 3 is 2.54 bits per heavy atom. The Morgan fingerprint density at radius 2 is 1.86 bits per heavy atom. The van der Waals surface area contributed by atoms with Crippen molar-refractivity contribution in [1.29, 1.82) is 5.26 Å². The fraction of sp³-hybridized carbons (Fsp3) is 0.154. The molecule has 1 saturated heterocycles. The number of aryl methyl sites for hydroxylation is 1. The quantitative estimate of drug-likeness (QED) is 0.482. The fourth-order valence-corrected chi connectivity index (χ4v) is 4.68. The second kappa shape index (κ2) is 9.91. The van der Waals surface area contributed by atoms with Crippen molar-refractivity contribution >= 4 is 35.0 Å². The van der Waals surface area contributed by atoms with Gasteiger partial charge in [0.15, 0.2) is 0 Å². The van der Waals surface area contributed by atoms with Gasteiger partial charge in [0, 0.05) is 22.6 Å². The van der Waals surface area contributed by atoms with E-state index in [0.29, 0.717) is 11.3 Å². The van der Waals surface area contributed by atoms with E-state index in [4.69, 9.17) is 9.84 Å². The Bertz CT molecular complexity index is 1400. The molecule has 1 aliphatic heterocycles. The van der Waals surface area contributed by atoms with E-state index in [1.165, 1.54) is 0 Å². The van der Waals surface area contributed by atoms with Gasteiger partial charge in [-0.25, -0.2) is 0 Å². The van der Waals surface area contributed by atoms with Crippen LogP contribution in [0.4, 0.5) is 4.79 Å². The predicted octanol–water partition coefficient (Wildman–Crippen LogP) is 4.67. The highest BCUT2D eigenvalue weighted by Crippen LogP contribution is 2.33. The molecule has 0 spiro atoms. The van der Waals surface area contributed by atoms with Gasteiger partial charge < -0.3 is 14.4 Å². The maximum Gasteiger partial charge on any atom is 0.323 e. The Labute approximate surface area is 206 Å². The van der Waals surface area contributed by atoms with Crippen LogP contribution in [0.3, 0.4) is 0 Å². The summed E-state index contributed by atoms with van der Waals surface area (Å²) in [7, 11) is 0. The lowest BCUT2D eigenvalue weighted by atomic mass is 10.1. The van der Waals surface area contributed by atoms with Crippen LogP contribution < -0.4 is 4.74 Å². The molecule has 8 nitrogen and oxygen atoms in total. The van der Waals surface area contributed by atoms with Gasteiger partial charge in [-0.05, 0) is 73.6 Å². The molecule has 1 aromatic heterocycles. The minimum atomic E-state index is -1.24. The zero-order valence-electron chi connectivity index (χ0n) is 19.0. The molecule has 1 N–H and O–H groups in total. The summed E-state index contributed by atoms with van der Waals surface area (Å²) >= 11 is 0.736. The first-order valence-corrected chi connectivity index (χ1v) is 11.5. The highest BCUT2D eigenvalue weighted by molar-refractivity contribution is 8.18. The van der Waals surface area contributed by atoms with Crippen LogP contribution in [0, 0.1) is 25.2 Å². The zero-order valence-corrected chi connectivity index (χ0v) is 19.8. The molecular formula is C26H21N3O5S. The first kappa shape index (κ1) is 23.9. The van der Waals surface area contributed by atoms with Crippen molar-refractivity contribution in [3.63, 3.8) is 0 Å². The van der Waals surface area contributed by atoms with Gasteiger partial charge in [0.05, 0.1) is 16.5 Å². The average Bonchev–Trinajstić information content (AvgIpc) is 3.26. The average molecular weight is 488 g/mol. The number of nitriles is 1. The number of carboxylic acid groups (broad SMARTS) is 1. The molecule has 0 aliphatic carbocycles. The van der Waals surface area contributed by atoms with Crippen molar-refractivity contribution in [2.24, 2.45) is 0 Å². The van der Waals surface area contributed by atoms with Gasteiger partial charge in [0.25, 0.3) is 11.1 Å². The molecular weight excluding hydrogens is 466 g/mol. The Morgan fingerprint density at radius 1 is 1.14 bits per heavy atom. The summed E-state index contributed by atoms with van der Waals surface area (Å²) in [6, 6.07) is 18.9. The molecule has 0 bridgehead atoms. The maximum absolute atomic E-state index is 12.5. The summed E-state index contributed by atoms with van der Waals surface area (Å²) in [5.41, 5.74) is 4.84. The number of carboxylic acids is 1. The number of nitrogens with zero attached hydrogens (tertiary/aromatic N) is 3. The number of carbonyl (C=O) groups is 3. The third kappa shape index (κ3) is 4.98. The van der Waals surface area contributed by atoms with Crippen LogP contribution in [0.1, 0.15) is 28.1 Å². The molecule has 4 rings (SSSR count). The van der Waals surface area contributed by atoms with Gasteiger partial charge in [-0.3, -0.25) is 19.3 Å². The van der Waals surface area contributed by atoms with Crippen LogP contribution in [0.25, 0.3) is 11.8 Å².